The van der Waals surface area contributed by atoms with Crippen molar-refractivity contribution < 1.29 is 28.9 Å². The van der Waals surface area contributed by atoms with E-state index in [0.717, 1.165) is 6.42 Å². The summed E-state index contributed by atoms with van der Waals surface area (Å²) in [6.45, 7) is 8.86. The molecule has 202 valence electrons. The Hall–Kier alpha value is -2.12. The lowest BCUT2D eigenvalue weighted by molar-refractivity contribution is -0.142. The maximum atomic E-state index is 11.1. The molecule has 3 rings (SSSR count). The van der Waals surface area contributed by atoms with Gasteiger partial charge in [-0.05, 0) is 75.9 Å². The Morgan fingerprint density at radius 3 is 1.86 bits per heavy atom. The summed E-state index contributed by atoms with van der Waals surface area (Å²) in [5, 5.41) is 9.07. The Labute approximate surface area is 229 Å². The fourth-order valence-corrected chi connectivity index (χ4v) is 7.21. The van der Waals surface area contributed by atoms with E-state index >= 15 is 0 Å². The van der Waals surface area contributed by atoms with Crippen LogP contribution >= 0.6 is 34.0 Å². The Bertz CT molecular complexity index is 1190. The molecular weight excluding hydrogens is 532 g/mol. The number of hydrogen-bond acceptors (Lipinski definition) is 10. The minimum absolute atomic E-state index is 0.336. The molecule has 3 aromatic rings. The highest BCUT2D eigenvalue weighted by atomic mass is 32.1. The van der Waals surface area contributed by atoms with Crippen molar-refractivity contribution in [3.63, 3.8) is 0 Å². The van der Waals surface area contributed by atoms with Gasteiger partial charge in [-0.2, -0.15) is 0 Å². The fourth-order valence-electron chi connectivity index (χ4n) is 3.79. The molecule has 0 aromatic carbocycles. The minimum Gasteiger partial charge on any atom is -0.480 e. The molecule has 0 saturated heterocycles. The molecule has 0 aliphatic heterocycles. The van der Waals surface area contributed by atoms with Crippen LogP contribution in [0.25, 0.3) is 19.5 Å². The number of ether oxygens (including phenoxy) is 3. The van der Waals surface area contributed by atoms with Crippen LogP contribution in [-0.4, -0.2) is 55.2 Å². The number of carbonyl (C=O) groups excluding carboxylic acids is 1. The predicted molar refractivity (Wildman–Crippen MR) is 149 cm³/mol. The second kappa shape index (κ2) is 13.6. The summed E-state index contributed by atoms with van der Waals surface area (Å²) in [5.74, 6) is -1.06. The van der Waals surface area contributed by atoms with Crippen LogP contribution in [0, 0.1) is 13.8 Å². The molecule has 0 aliphatic rings. The normalized spacial score (nSPS) is 14.8. The highest BCUT2D eigenvalue weighted by Gasteiger charge is 2.21. The van der Waals surface area contributed by atoms with Crippen molar-refractivity contribution in [2.45, 2.75) is 65.0 Å². The number of aryl methyl sites for hydroxylation is 2. The molecule has 0 fully saturated rings. The monoisotopic (exact) mass is 566 g/mol. The lowest BCUT2D eigenvalue weighted by atomic mass is 10.1. The van der Waals surface area contributed by atoms with E-state index in [1.54, 1.807) is 47.9 Å². The van der Waals surface area contributed by atoms with Gasteiger partial charge in [0.2, 0.25) is 0 Å². The van der Waals surface area contributed by atoms with Crippen molar-refractivity contribution in [2.75, 3.05) is 13.2 Å². The summed E-state index contributed by atoms with van der Waals surface area (Å²) in [6.07, 6.45) is -0.336. The molecule has 11 heteroatoms. The number of thiophene rings is 3. The number of carboxylic acid groups (broad SMARTS) is 1. The van der Waals surface area contributed by atoms with Gasteiger partial charge in [-0.3, -0.25) is 15.3 Å². The SMILES string of the molecule is Cc1cc(CCO[C@H](C)[C@H](N)OC=O)c(-c2ccc(-c3sc(C)cc3CCO[C@H](C)[C@H](N)C(=O)O)s2)s1. The van der Waals surface area contributed by atoms with E-state index in [9.17, 15) is 9.59 Å². The van der Waals surface area contributed by atoms with Gasteiger partial charge in [-0.1, -0.05) is 0 Å². The molecule has 0 bridgehead atoms. The fraction of sp³-hybridized carbons (Fsp3) is 0.462. The average Bonchev–Trinajstić information content (AvgIpc) is 3.56. The second-order valence-corrected chi connectivity index (χ2v) is 12.4. The van der Waals surface area contributed by atoms with Crippen molar-refractivity contribution >= 4 is 46.5 Å². The Kier molecular flexibility index (Phi) is 10.8. The molecule has 0 aliphatic carbocycles. The first-order valence-electron chi connectivity index (χ1n) is 12.0. The third-order valence-electron chi connectivity index (χ3n) is 5.89. The van der Waals surface area contributed by atoms with Crippen LogP contribution in [0.3, 0.4) is 0 Å². The topological polar surface area (TPSA) is 134 Å². The molecule has 0 radical (unpaired) electrons. The summed E-state index contributed by atoms with van der Waals surface area (Å²) in [7, 11) is 0. The molecule has 5 N–H and O–H groups in total. The Morgan fingerprint density at radius 2 is 1.41 bits per heavy atom. The molecule has 8 nitrogen and oxygen atoms in total. The number of carboxylic acids is 1. The first-order valence-corrected chi connectivity index (χ1v) is 14.4. The lowest BCUT2D eigenvalue weighted by Crippen LogP contribution is -2.41. The van der Waals surface area contributed by atoms with E-state index in [1.807, 2.05) is 0 Å². The quantitative estimate of drug-likeness (QED) is 0.180. The number of nitrogens with two attached hydrogens (primary N) is 2. The van der Waals surface area contributed by atoms with Crippen LogP contribution in [0.5, 0.6) is 0 Å². The van der Waals surface area contributed by atoms with Crippen molar-refractivity contribution in [3.05, 3.63) is 45.1 Å². The molecular formula is C26H34N2O6S3. The van der Waals surface area contributed by atoms with Crippen LogP contribution in [0.4, 0.5) is 0 Å². The number of hydrogen-bond donors (Lipinski definition) is 3. The highest BCUT2D eigenvalue weighted by molar-refractivity contribution is 7.26. The van der Waals surface area contributed by atoms with Gasteiger partial charge in [-0.15, -0.1) is 34.0 Å². The minimum atomic E-state index is -1.06. The Balaban J connectivity index is 1.69. The van der Waals surface area contributed by atoms with Crippen molar-refractivity contribution in [1.82, 2.24) is 0 Å². The molecule has 37 heavy (non-hydrogen) atoms. The first-order chi connectivity index (χ1) is 17.6. The van der Waals surface area contributed by atoms with E-state index in [1.165, 1.54) is 40.4 Å². The zero-order chi connectivity index (χ0) is 27.1. The zero-order valence-electron chi connectivity index (χ0n) is 21.4. The average molecular weight is 567 g/mol. The summed E-state index contributed by atoms with van der Waals surface area (Å²) < 4.78 is 16.2. The van der Waals surface area contributed by atoms with E-state index in [2.05, 4.69) is 38.1 Å². The highest BCUT2D eigenvalue weighted by Crippen LogP contribution is 2.43. The molecule has 4 atom stereocenters. The van der Waals surface area contributed by atoms with E-state index < -0.39 is 30.4 Å². The van der Waals surface area contributed by atoms with Crippen LogP contribution in [0.15, 0.2) is 24.3 Å². The van der Waals surface area contributed by atoms with Crippen molar-refractivity contribution in [3.8, 4) is 19.5 Å². The summed E-state index contributed by atoms with van der Waals surface area (Å²) in [5.41, 5.74) is 13.8. The number of rotatable bonds is 15. The summed E-state index contributed by atoms with van der Waals surface area (Å²) in [4.78, 5) is 28.8. The smallest absolute Gasteiger partial charge is 0.323 e. The third-order valence-corrected chi connectivity index (χ3v) is 9.52. The van der Waals surface area contributed by atoms with E-state index in [4.69, 9.17) is 30.8 Å². The molecule has 3 aromatic heterocycles. The van der Waals surface area contributed by atoms with Gasteiger partial charge in [0.1, 0.15) is 12.1 Å². The van der Waals surface area contributed by atoms with E-state index in [-0.39, 0.29) is 0 Å². The maximum absolute atomic E-state index is 11.1. The molecule has 3 heterocycles. The first kappa shape index (κ1) is 29.4. The van der Waals surface area contributed by atoms with Gasteiger partial charge in [0.25, 0.3) is 6.47 Å². The molecule has 0 spiro atoms. The summed E-state index contributed by atoms with van der Waals surface area (Å²) >= 11 is 5.27. The van der Waals surface area contributed by atoms with Crippen molar-refractivity contribution in [2.24, 2.45) is 11.5 Å². The number of aliphatic carboxylic acids is 1. The zero-order valence-corrected chi connectivity index (χ0v) is 23.8. The van der Waals surface area contributed by atoms with Crippen LogP contribution in [0.1, 0.15) is 34.7 Å². The maximum Gasteiger partial charge on any atom is 0.323 e. The van der Waals surface area contributed by atoms with Crippen LogP contribution < -0.4 is 11.5 Å². The molecule has 0 saturated carbocycles. The van der Waals surface area contributed by atoms with Crippen molar-refractivity contribution in [1.29, 1.82) is 0 Å². The lowest BCUT2D eigenvalue weighted by Gasteiger charge is -2.18. The standard InChI is InChI=1S/C26H34N2O6S3/c1-14-11-18(7-9-32-16(3)22(27)26(30)31)23(35-14)20-5-6-21(37-20)24-19(12-15(2)36-24)8-10-33-17(4)25(28)34-13-29/h5-6,11-13,16-17,22,25H,7-10,27-28H2,1-4H3,(H,30,31)/t16-,17-,22+,25-/m1/s1. The Morgan fingerprint density at radius 1 is 0.919 bits per heavy atom. The van der Waals surface area contributed by atoms with Gasteiger partial charge in [0.05, 0.1) is 19.3 Å². The largest absolute Gasteiger partial charge is 0.480 e. The van der Waals surface area contributed by atoms with Gasteiger partial charge in [0.15, 0.2) is 6.23 Å². The third kappa shape index (κ3) is 7.93. The van der Waals surface area contributed by atoms with Gasteiger partial charge in [0, 0.05) is 29.3 Å². The van der Waals surface area contributed by atoms with E-state index in [0.29, 0.717) is 26.1 Å². The second-order valence-electron chi connectivity index (χ2n) is 8.80. The van der Waals surface area contributed by atoms with Gasteiger partial charge < -0.3 is 25.1 Å². The van der Waals surface area contributed by atoms with Crippen LogP contribution in [-0.2, 0) is 36.6 Å². The predicted octanol–water partition coefficient (Wildman–Crippen LogP) is 4.59. The van der Waals surface area contributed by atoms with Gasteiger partial charge >= 0.3 is 5.97 Å². The number of carbonyl (C=O) groups is 2. The molecule has 0 unspecified atom stereocenters. The summed E-state index contributed by atoms with van der Waals surface area (Å²) in [6, 6.07) is 7.64. The van der Waals surface area contributed by atoms with Gasteiger partial charge in [-0.25, -0.2) is 0 Å². The molecule has 0 amide bonds. The van der Waals surface area contributed by atoms with Crippen LogP contribution in [0.2, 0.25) is 0 Å².